The zero-order valence-corrected chi connectivity index (χ0v) is 12.1. The Hall–Kier alpha value is -0.500. The van der Waals surface area contributed by atoms with E-state index in [1.54, 1.807) is 0 Å². The Kier molecular flexibility index (Phi) is 12.2. The minimum absolute atomic E-state index is 0. The van der Waals surface area contributed by atoms with Gasteiger partial charge in [-0.15, -0.1) is 0 Å². The van der Waals surface area contributed by atoms with Gasteiger partial charge in [0.1, 0.15) is 0 Å². The molecular formula is C17H34O2. The zero-order valence-electron chi connectivity index (χ0n) is 12.1. The maximum Gasteiger partial charge on any atom is 0.0924 e. The standard InChI is InChI=1S/C16H30O2.CH4/c1-15-13-17-12-10-8-6-4-3-5-7-9-11-16(2)18-14-15;/h15H,2-14H2,1H3;1H4. The summed E-state index contributed by atoms with van der Waals surface area (Å²) < 4.78 is 11.4. The van der Waals surface area contributed by atoms with Crippen LogP contribution in [0.3, 0.4) is 0 Å². The number of rotatable bonds is 0. The first-order valence-corrected chi connectivity index (χ1v) is 7.67. The molecule has 0 bridgehead atoms. The van der Waals surface area contributed by atoms with E-state index >= 15 is 0 Å². The van der Waals surface area contributed by atoms with Crippen molar-refractivity contribution in [2.24, 2.45) is 5.92 Å². The van der Waals surface area contributed by atoms with Gasteiger partial charge in [-0.1, -0.05) is 59.5 Å². The second-order valence-electron chi connectivity index (χ2n) is 5.61. The van der Waals surface area contributed by atoms with Crippen molar-refractivity contribution in [2.45, 2.75) is 72.1 Å². The van der Waals surface area contributed by atoms with Crippen LogP contribution in [0, 0.1) is 5.92 Å². The maximum atomic E-state index is 5.68. The third-order valence-electron chi connectivity index (χ3n) is 3.47. The van der Waals surface area contributed by atoms with Gasteiger partial charge in [0.2, 0.25) is 0 Å². The van der Waals surface area contributed by atoms with Gasteiger partial charge in [0.25, 0.3) is 0 Å². The molecule has 0 amide bonds. The summed E-state index contributed by atoms with van der Waals surface area (Å²) in [6.45, 7) is 8.64. The van der Waals surface area contributed by atoms with Gasteiger partial charge in [-0.2, -0.15) is 0 Å². The summed E-state index contributed by atoms with van der Waals surface area (Å²) in [6.07, 6.45) is 11.6. The van der Waals surface area contributed by atoms with Crippen LogP contribution in [-0.2, 0) is 9.47 Å². The fourth-order valence-electron chi connectivity index (χ4n) is 2.25. The highest BCUT2D eigenvalue weighted by molar-refractivity contribution is 4.82. The van der Waals surface area contributed by atoms with E-state index in [2.05, 4.69) is 13.5 Å². The molecule has 0 aliphatic carbocycles. The highest BCUT2D eigenvalue weighted by Gasteiger charge is 2.05. The minimum Gasteiger partial charge on any atom is -0.498 e. The quantitative estimate of drug-likeness (QED) is 0.592. The Morgan fingerprint density at radius 3 is 2.16 bits per heavy atom. The lowest BCUT2D eigenvalue weighted by Crippen LogP contribution is -2.13. The highest BCUT2D eigenvalue weighted by Crippen LogP contribution is 2.14. The lowest BCUT2D eigenvalue weighted by Gasteiger charge is -2.15. The van der Waals surface area contributed by atoms with Crippen molar-refractivity contribution < 1.29 is 9.47 Å². The lowest BCUT2D eigenvalue weighted by atomic mass is 10.1. The first-order valence-electron chi connectivity index (χ1n) is 7.67. The summed E-state index contributed by atoms with van der Waals surface area (Å²) in [5.41, 5.74) is 0. The molecule has 1 heterocycles. The fraction of sp³-hybridized carbons (Fsp3) is 0.882. The summed E-state index contributed by atoms with van der Waals surface area (Å²) in [5.74, 6) is 1.42. The second kappa shape index (κ2) is 12.5. The molecule has 0 saturated carbocycles. The van der Waals surface area contributed by atoms with Crippen LogP contribution < -0.4 is 0 Å². The van der Waals surface area contributed by atoms with Crippen molar-refractivity contribution in [3.8, 4) is 0 Å². The molecule has 19 heavy (non-hydrogen) atoms. The first kappa shape index (κ1) is 18.5. The molecule has 1 saturated heterocycles. The van der Waals surface area contributed by atoms with Gasteiger partial charge in [-0.25, -0.2) is 0 Å². The van der Waals surface area contributed by atoms with Crippen LogP contribution in [0.25, 0.3) is 0 Å². The van der Waals surface area contributed by atoms with E-state index in [0.29, 0.717) is 5.92 Å². The van der Waals surface area contributed by atoms with Crippen molar-refractivity contribution in [1.82, 2.24) is 0 Å². The summed E-state index contributed by atoms with van der Waals surface area (Å²) in [6, 6.07) is 0. The van der Waals surface area contributed by atoms with Crippen LogP contribution in [0.4, 0.5) is 0 Å². The molecule has 0 radical (unpaired) electrons. The normalized spacial score (nSPS) is 25.1. The number of ether oxygens (including phenoxy) is 2. The van der Waals surface area contributed by atoms with Crippen LogP contribution in [0.2, 0.25) is 0 Å². The van der Waals surface area contributed by atoms with Crippen LogP contribution in [0.15, 0.2) is 12.3 Å². The van der Waals surface area contributed by atoms with Gasteiger partial charge in [0.15, 0.2) is 0 Å². The molecule has 1 fully saturated rings. The first-order chi connectivity index (χ1) is 8.79. The van der Waals surface area contributed by atoms with E-state index < -0.39 is 0 Å². The van der Waals surface area contributed by atoms with E-state index in [0.717, 1.165) is 32.0 Å². The summed E-state index contributed by atoms with van der Waals surface area (Å²) in [4.78, 5) is 0. The van der Waals surface area contributed by atoms with Crippen molar-refractivity contribution in [3.05, 3.63) is 12.3 Å². The second-order valence-corrected chi connectivity index (χ2v) is 5.61. The topological polar surface area (TPSA) is 18.5 Å². The SMILES string of the molecule is C.C=C1CCCCCCCCCCOCC(C)CO1. The predicted octanol–water partition coefficient (Wildman–Crippen LogP) is 5.33. The molecule has 0 aromatic heterocycles. The highest BCUT2D eigenvalue weighted by atomic mass is 16.5. The molecule has 2 heteroatoms. The third kappa shape index (κ3) is 11.1. The van der Waals surface area contributed by atoms with Gasteiger partial charge >= 0.3 is 0 Å². The average Bonchev–Trinajstić information content (AvgIpc) is 2.36. The zero-order chi connectivity index (χ0) is 13.1. The molecule has 0 aromatic carbocycles. The Morgan fingerprint density at radius 1 is 0.895 bits per heavy atom. The van der Waals surface area contributed by atoms with Gasteiger partial charge in [0, 0.05) is 18.9 Å². The fourth-order valence-corrected chi connectivity index (χ4v) is 2.25. The van der Waals surface area contributed by atoms with E-state index in [1.807, 2.05) is 0 Å². The molecular weight excluding hydrogens is 236 g/mol. The monoisotopic (exact) mass is 270 g/mol. The van der Waals surface area contributed by atoms with E-state index in [-0.39, 0.29) is 7.43 Å². The Morgan fingerprint density at radius 2 is 1.47 bits per heavy atom. The average molecular weight is 270 g/mol. The maximum absolute atomic E-state index is 5.68. The molecule has 114 valence electrons. The number of hydrogen-bond acceptors (Lipinski definition) is 2. The van der Waals surface area contributed by atoms with Crippen LogP contribution >= 0.6 is 0 Å². The molecule has 0 aromatic rings. The van der Waals surface area contributed by atoms with Gasteiger partial charge in [-0.3, -0.25) is 0 Å². The molecule has 0 spiro atoms. The van der Waals surface area contributed by atoms with E-state index in [4.69, 9.17) is 9.47 Å². The molecule has 0 N–H and O–H groups in total. The molecule has 1 atom stereocenters. The summed E-state index contributed by atoms with van der Waals surface area (Å²) in [7, 11) is 0. The van der Waals surface area contributed by atoms with Crippen molar-refractivity contribution in [2.75, 3.05) is 19.8 Å². The largest absolute Gasteiger partial charge is 0.498 e. The van der Waals surface area contributed by atoms with Crippen molar-refractivity contribution >= 4 is 0 Å². The van der Waals surface area contributed by atoms with Gasteiger partial charge < -0.3 is 9.47 Å². The van der Waals surface area contributed by atoms with Crippen molar-refractivity contribution in [1.29, 1.82) is 0 Å². The summed E-state index contributed by atoms with van der Waals surface area (Å²) >= 11 is 0. The number of hydrogen-bond donors (Lipinski definition) is 0. The molecule has 1 aliphatic rings. The molecule has 1 aliphatic heterocycles. The predicted molar refractivity (Wildman–Crippen MR) is 83.4 cm³/mol. The molecule has 1 unspecified atom stereocenters. The number of allylic oxidation sites excluding steroid dienone is 1. The Balaban J connectivity index is 0.00000324. The Labute approximate surface area is 120 Å². The van der Waals surface area contributed by atoms with Gasteiger partial charge in [-0.05, 0) is 12.8 Å². The van der Waals surface area contributed by atoms with Crippen LogP contribution in [0.1, 0.15) is 72.1 Å². The molecule has 2 nitrogen and oxygen atoms in total. The van der Waals surface area contributed by atoms with Gasteiger partial charge in [0.05, 0.1) is 19.0 Å². The summed E-state index contributed by atoms with van der Waals surface area (Å²) in [5, 5.41) is 0. The van der Waals surface area contributed by atoms with Crippen molar-refractivity contribution in [3.63, 3.8) is 0 Å². The third-order valence-corrected chi connectivity index (χ3v) is 3.47. The smallest absolute Gasteiger partial charge is 0.0924 e. The van der Waals surface area contributed by atoms with Crippen LogP contribution in [-0.4, -0.2) is 19.8 Å². The van der Waals surface area contributed by atoms with E-state index in [1.165, 1.54) is 51.4 Å². The van der Waals surface area contributed by atoms with E-state index in [9.17, 15) is 0 Å². The Bertz CT molecular complexity index is 213. The lowest BCUT2D eigenvalue weighted by molar-refractivity contribution is 0.0648. The minimum atomic E-state index is 0. The van der Waals surface area contributed by atoms with Crippen LogP contribution in [0.5, 0.6) is 0 Å². The molecule has 1 rings (SSSR count).